The zero-order chi connectivity index (χ0) is 24.8. The normalized spacial score (nSPS) is 15.3. The largest absolute Gasteiger partial charge is 0.478 e. The number of carboxylic acids is 1. The molecule has 1 N–H and O–H groups in total. The third-order valence-corrected chi connectivity index (χ3v) is 12.7. The number of carbonyl (C=O) groups is 1. The number of halogens is 1. The van der Waals surface area contributed by atoms with Gasteiger partial charge in [-0.2, -0.15) is 0 Å². The number of hydrogen-bond acceptors (Lipinski definition) is 3. The Balaban J connectivity index is 1.59. The number of rotatable bonds is 7. The first-order valence-electron chi connectivity index (χ1n) is 11.8. The fraction of sp³-hybridized carbons (Fsp3) is 0.286. The molecular formula is C28H29BrN2O3Si. The quantitative estimate of drug-likeness (QED) is 0.305. The Morgan fingerprint density at radius 1 is 1.06 bits per heavy atom. The van der Waals surface area contributed by atoms with Crippen molar-refractivity contribution in [1.82, 2.24) is 9.55 Å². The van der Waals surface area contributed by atoms with Gasteiger partial charge in [-0.05, 0) is 56.3 Å². The summed E-state index contributed by atoms with van der Waals surface area (Å²) in [6.07, 6.45) is 3.75. The van der Waals surface area contributed by atoms with Crippen molar-refractivity contribution in [3.63, 3.8) is 0 Å². The van der Waals surface area contributed by atoms with Crippen molar-refractivity contribution in [2.45, 2.75) is 50.8 Å². The van der Waals surface area contributed by atoms with E-state index >= 15 is 0 Å². The smallest absolute Gasteiger partial charge is 0.335 e. The van der Waals surface area contributed by atoms with Crippen molar-refractivity contribution in [3.05, 3.63) is 89.2 Å². The molecular weight excluding hydrogens is 520 g/mol. The van der Waals surface area contributed by atoms with Crippen molar-refractivity contribution >= 4 is 51.6 Å². The van der Waals surface area contributed by atoms with Crippen LogP contribution in [-0.2, 0) is 11.0 Å². The van der Waals surface area contributed by atoms with Crippen LogP contribution in [0.25, 0.3) is 11.0 Å². The first kappa shape index (κ1) is 24.0. The molecule has 5 rings (SSSR count). The minimum Gasteiger partial charge on any atom is -0.478 e. The molecule has 0 radical (unpaired) electrons. The van der Waals surface area contributed by atoms with E-state index in [9.17, 15) is 9.90 Å². The fourth-order valence-corrected chi connectivity index (χ4v) is 10.6. The number of aromatic carboxylic acids is 1. The second kappa shape index (κ2) is 8.73. The lowest BCUT2D eigenvalue weighted by atomic mass is 10.2. The summed E-state index contributed by atoms with van der Waals surface area (Å²) in [5.41, 5.74) is 1.48. The van der Waals surface area contributed by atoms with Gasteiger partial charge in [0.15, 0.2) is 0 Å². The van der Waals surface area contributed by atoms with E-state index in [-0.39, 0.29) is 16.2 Å². The summed E-state index contributed by atoms with van der Waals surface area (Å²) < 4.78 is 10.3. The molecule has 1 aromatic heterocycles. The Bertz CT molecular complexity index is 1340. The highest BCUT2D eigenvalue weighted by Gasteiger charge is 2.58. The Kier molecular flexibility index (Phi) is 5.98. The molecule has 35 heavy (non-hydrogen) atoms. The van der Waals surface area contributed by atoms with Gasteiger partial charge in [-0.15, -0.1) is 0 Å². The molecule has 0 saturated heterocycles. The van der Waals surface area contributed by atoms with Gasteiger partial charge in [0, 0.05) is 4.47 Å². The monoisotopic (exact) mass is 548 g/mol. The van der Waals surface area contributed by atoms with E-state index in [0.717, 1.165) is 22.8 Å². The van der Waals surface area contributed by atoms with Crippen LogP contribution in [0.1, 0.15) is 44.0 Å². The molecule has 3 aromatic carbocycles. The molecule has 0 atom stereocenters. The number of aromatic nitrogens is 2. The molecule has 1 aliphatic carbocycles. The minimum atomic E-state index is -2.68. The van der Waals surface area contributed by atoms with E-state index in [1.54, 1.807) is 18.5 Å². The van der Waals surface area contributed by atoms with Crippen LogP contribution in [0.3, 0.4) is 0 Å². The molecule has 0 amide bonds. The number of nitrogens with zero attached hydrogens (tertiary/aromatic N) is 2. The standard InChI is InChI=1S/C28H29BrN2O3Si/c1-27(2,3)35(21-10-6-4-7-11-21,22-12-8-5-9-13-22)34-28(14-15-28)18-31-19-30-24-17-20(26(32)33)16-23(29)25(24)31/h4-13,16-17,19H,14-15,18H2,1-3H3,(H,32,33). The van der Waals surface area contributed by atoms with Crippen molar-refractivity contribution < 1.29 is 14.3 Å². The second-order valence-corrected chi connectivity index (χ2v) is 15.5. The predicted molar refractivity (Wildman–Crippen MR) is 145 cm³/mol. The number of hydrogen-bond donors (Lipinski definition) is 1. The minimum absolute atomic E-state index is 0.0979. The van der Waals surface area contributed by atoms with Crippen LogP contribution in [0.4, 0.5) is 0 Å². The zero-order valence-corrected chi connectivity index (χ0v) is 22.7. The lowest BCUT2D eigenvalue weighted by molar-refractivity contribution is 0.0697. The summed E-state index contributed by atoms with van der Waals surface area (Å²) in [6.45, 7) is 7.56. The predicted octanol–water partition coefficient (Wildman–Crippen LogP) is 5.61. The summed E-state index contributed by atoms with van der Waals surface area (Å²) in [6, 6.07) is 24.7. The molecule has 5 nitrogen and oxygen atoms in total. The van der Waals surface area contributed by atoms with Crippen molar-refractivity contribution in [2.75, 3.05) is 0 Å². The zero-order valence-electron chi connectivity index (χ0n) is 20.2. The van der Waals surface area contributed by atoms with Gasteiger partial charge in [-0.1, -0.05) is 81.4 Å². The number of fused-ring (bicyclic) bond motifs is 1. The third-order valence-electron chi connectivity index (χ3n) is 6.97. The summed E-state index contributed by atoms with van der Waals surface area (Å²) in [7, 11) is -2.68. The molecule has 0 spiro atoms. The van der Waals surface area contributed by atoms with Crippen LogP contribution in [-0.4, -0.2) is 34.5 Å². The van der Waals surface area contributed by atoms with Gasteiger partial charge in [0.25, 0.3) is 8.32 Å². The SMILES string of the molecule is CC(C)(C)[Si](OC1(Cn2cnc3cc(C(=O)O)cc(Br)c32)CC1)(c1ccccc1)c1ccccc1. The number of carboxylic acid groups (broad SMARTS) is 1. The highest BCUT2D eigenvalue weighted by Crippen LogP contribution is 2.49. The first-order chi connectivity index (χ1) is 16.7. The van der Waals surface area contributed by atoms with Gasteiger partial charge in [0.2, 0.25) is 0 Å². The lowest BCUT2D eigenvalue weighted by Gasteiger charge is -2.45. The summed E-state index contributed by atoms with van der Waals surface area (Å²) >= 11 is 3.58. The first-order valence-corrected chi connectivity index (χ1v) is 14.5. The van der Waals surface area contributed by atoms with Gasteiger partial charge in [-0.3, -0.25) is 0 Å². The van der Waals surface area contributed by atoms with E-state index < -0.39 is 14.3 Å². The molecule has 1 fully saturated rings. The maximum Gasteiger partial charge on any atom is 0.335 e. The Morgan fingerprint density at radius 3 is 2.11 bits per heavy atom. The van der Waals surface area contributed by atoms with Crippen molar-refractivity contribution in [1.29, 1.82) is 0 Å². The molecule has 7 heteroatoms. The van der Waals surface area contributed by atoms with Gasteiger partial charge in [0.05, 0.1) is 35.1 Å². The molecule has 1 saturated carbocycles. The van der Waals surface area contributed by atoms with Crippen LogP contribution in [0, 0.1) is 0 Å². The van der Waals surface area contributed by atoms with E-state index in [1.807, 2.05) is 0 Å². The third kappa shape index (κ3) is 4.26. The van der Waals surface area contributed by atoms with Crippen LogP contribution >= 0.6 is 15.9 Å². The topological polar surface area (TPSA) is 64.4 Å². The Morgan fingerprint density at radius 2 is 1.63 bits per heavy atom. The average molecular weight is 550 g/mol. The molecule has 4 aromatic rings. The van der Waals surface area contributed by atoms with E-state index in [0.29, 0.717) is 12.1 Å². The average Bonchev–Trinajstić information content (AvgIpc) is 3.47. The molecule has 1 heterocycles. The van der Waals surface area contributed by atoms with Crippen LogP contribution in [0.15, 0.2) is 83.6 Å². The second-order valence-electron chi connectivity index (χ2n) is 10.5. The molecule has 0 aliphatic heterocycles. The summed E-state index contributed by atoms with van der Waals surface area (Å²) in [5.74, 6) is -0.962. The molecule has 180 valence electrons. The Labute approximate surface area is 215 Å². The molecule has 1 aliphatic rings. The van der Waals surface area contributed by atoms with E-state index in [2.05, 4.69) is 107 Å². The van der Waals surface area contributed by atoms with E-state index in [4.69, 9.17) is 4.43 Å². The van der Waals surface area contributed by atoms with Crippen LogP contribution in [0.2, 0.25) is 5.04 Å². The fourth-order valence-electron chi connectivity index (χ4n) is 5.12. The van der Waals surface area contributed by atoms with E-state index in [1.165, 1.54) is 10.4 Å². The number of benzene rings is 3. The Hall–Kier alpha value is -2.74. The van der Waals surface area contributed by atoms with Gasteiger partial charge in [0.1, 0.15) is 0 Å². The highest BCUT2D eigenvalue weighted by molar-refractivity contribution is 9.10. The number of imidazole rings is 1. The van der Waals surface area contributed by atoms with Crippen molar-refractivity contribution in [3.8, 4) is 0 Å². The highest BCUT2D eigenvalue weighted by atomic mass is 79.9. The van der Waals surface area contributed by atoms with Crippen molar-refractivity contribution in [2.24, 2.45) is 0 Å². The van der Waals surface area contributed by atoms with Gasteiger partial charge < -0.3 is 14.1 Å². The maximum atomic E-state index is 11.5. The van der Waals surface area contributed by atoms with Crippen LogP contribution in [0.5, 0.6) is 0 Å². The van der Waals surface area contributed by atoms with Gasteiger partial charge >= 0.3 is 5.97 Å². The summed E-state index contributed by atoms with van der Waals surface area (Å²) in [5, 5.41) is 11.9. The van der Waals surface area contributed by atoms with Gasteiger partial charge in [-0.25, -0.2) is 9.78 Å². The summed E-state index contributed by atoms with van der Waals surface area (Å²) in [4.78, 5) is 16.0. The molecule has 0 bridgehead atoms. The van der Waals surface area contributed by atoms with Crippen LogP contribution < -0.4 is 10.4 Å². The lowest BCUT2D eigenvalue weighted by Crippen LogP contribution is -2.68. The maximum absolute atomic E-state index is 11.5. The molecule has 0 unspecified atom stereocenters.